The summed E-state index contributed by atoms with van der Waals surface area (Å²) in [5.41, 5.74) is 10.6. The molecule has 0 saturated carbocycles. The van der Waals surface area contributed by atoms with Crippen LogP contribution in [0.25, 0.3) is 27.8 Å². The summed E-state index contributed by atoms with van der Waals surface area (Å²) >= 11 is 0. The molecule has 0 aliphatic rings. The van der Waals surface area contributed by atoms with Crippen molar-refractivity contribution >= 4 is 17.0 Å². The lowest BCUT2D eigenvalue weighted by molar-refractivity contribution is 0.132. The van der Waals surface area contributed by atoms with Gasteiger partial charge < -0.3 is 14.6 Å². The third-order valence-corrected chi connectivity index (χ3v) is 9.04. The molecular weight excluding hydrogens is 554 g/mol. The highest BCUT2D eigenvalue weighted by molar-refractivity contribution is 5.89. The largest absolute Gasteiger partial charge is 0.465 e. The number of nitrogens with zero attached hydrogens (tertiary/aromatic N) is 3. The fourth-order valence-corrected chi connectivity index (χ4v) is 6.60. The molecule has 0 saturated heterocycles. The Balaban J connectivity index is 1.59. The maximum absolute atomic E-state index is 12.4. The van der Waals surface area contributed by atoms with E-state index in [1.165, 1.54) is 33.2 Å². The first-order chi connectivity index (χ1) is 21.8. The van der Waals surface area contributed by atoms with Crippen molar-refractivity contribution in [2.24, 2.45) is 5.92 Å². The molecule has 3 aromatic carbocycles. The Morgan fingerprint density at radius 2 is 1.58 bits per heavy atom. The van der Waals surface area contributed by atoms with Crippen LogP contribution in [-0.4, -0.2) is 32.2 Å². The van der Waals surface area contributed by atoms with Crippen molar-refractivity contribution in [3.8, 4) is 16.9 Å². The van der Waals surface area contributed by atoms with E-state index in [1.807, 2.05) is 36.5 Å². The van der Waals surface area contributed by atoms with Gasteiger partial charge in [-0.15, -0.1) is 0 Å². The van der Waals surface area contributed by atoms with E-state index < -0.39 is 6.09 Å². The van der Waals surface area contributed by atoms with Gasteiger partial charge in [-0.1, -0.05) is 102 Å². The number of benzene rings is 3. The van der Waals surface area contributed by atoms with E-state index in [2.05, 4.69) is 93.9 Å². The van der Waals surface area contributed by atoms with E-state index in [1.54, 1.807) is 4.90 Å². The van der Waals surface area contributed by atoms with Crippen LogP contribution in [0.3, 0.4) is 0 Å². The number of hydrogen-bond acceptors (Lipinski definition) is 2. The van der Waals surface area contributed by atoms with Gasteiger partial charge >= 0.3 is 6.09 Å². The first-order valence-electron chi connectivity index (χ1n) is 16.6. The molecule has 1 amide bonds. The molecule has 0 bridgehead atoms. The van der Waals surface area contributed by atoms with Crippen LogP contribution in [0.1, 0.15) is 81.2 Å². The average molecular weight is 602 g/mol. The van der Waals surface area contributed by atoms with E-state index >= 15 is 0 Å². The van der Waals surface area contributed by atoms with Gasteiger partial charge in [-0.3, -0.25) is 4.98 Å². The van der Waals surface area contributed by atoms with E-state index in [0.717, 1.165) is 54.6 Å². The fraction of sp³-hybridized carbons (Fsp3) is 0.350. The molecule has 5 rings (SSSR count). The Bertz CT molecular complexity index is 1700. The highest BCUT2D eigenvalue weighted by atomic mass is 16.4. The van der Waals surface area contributed by atoms with Crippen molar-refractivity contribution in [2.75, 3.05) is 6.54 Å². The van der Waals surface area contributed by atoms with Gasteiger partial charge in [0.25, 0.3) is 0 Å². The Morgan fingerprint density at radius 1 is 0.889 bits per heavy atom. The van der Waals surface area contributed by atoms with Gasteiger partial charge in [0, 0.05) is 35.9 Å². The van der Waals surface area contributed by atoms with Crippen molar-refractivity contribution in [3.63, 3.8) is 0 Å². The van der Waals surface area contributed by atoms with Gasteiger partial charge in [-0.25, -0.2) is 4.79 Å². The summed E-state index contributed by atoms with van der Waals surface area (Å²) in [5.74, 6) is 0.650. The number of carboxylic acid groups (broad SMARTS) is 1. The molecule has 0 aliphatic carbocycles. The summed E-state index contributed by atoms with van der Waals surface area (Å²) in [6.07, 6.45) is 8.05. The van der Waals surface area contributed by atoms with Crippen LogP contribution in [-0.2, 0) is 25.8 Å². The minimum atomic E-state index is -0.873. The highest BCUT2D eigenvalue weighted by Gasteiger charge is 2.22. The Hall–Kier alpha value is -4.38. The van der Waals surface area contributed by atoms with E-state index in [-0.39, 0.29) is 5.92 Å². The number of pyridine rings is 1. The summed E-state index contributed by atoms with van der Waals surface area (Å²) in [5, 5.41) is 11.4. The number of fused-ring (bicyclic) bond motifs is 1. The van der Waals surface area contributed by atoms with Crippen LogP contribution in [0.2, 0.25) is 0 Å². The Morgan fingerprint density at radius 3 is 2.18 bits per heavy atom. The maximum atomic E-state index is 12.4. The second-order valence-corrected chi connectivity index (χ2v) is 12.5. The van der Waals surface area contributed by atoms with Crippen LogP contribution >= 0.6 is 0 Å². The monoisotopic (exact) mass is 601 g/mol. The lowest BCUT2D eigenvalue weighted by atomic mass is 9.92. The topological polar surface area (TPSA) is 58.4 Å². The quantitative estimate of drug-likeness (QED) is 0.146. The molecule has 1 atom stereocenters. The second kappa shape index (κ2) is 14.6. The van der Waals surface area contributed by atoms with Gasteiger partial charge in [-0.2, -0.15) is 0 Å². The van der Waals surface area contributed by atoms with Gasteiger partial charge in [0.1, 0.15) is 0 Å². The molecule has 5 nitrogen and oxygen atoms in total. The molecule has 5 heteroatoms. The van der Waals surface area contributed by atoms with E-state index in [0.29, 0.717) is 19.0 Å². The molecule has 234 valence electrons. The molecule has 1 unspecified atom stereocenters. The molecule has 45 heavy (non-hydrogen) atoms. The summed E-state index contributed by atoms with van der Waals surface area (Å²) in [6, 6.07) is 27.6. The van der Waals surface area contributed by atoms with Crippen LogP contribution in [0.5, 0.6) is 0 Å². The van der Waals surface area contributed by atoms with Crippen LogP contribution < -0.4 is 0 Å². The summed E-state index contributed by atoms with van der Waals surface area (Å²) in [6.45, 7) is 11.9. The summed E-state index contributed by atoms with van der Waals surface area (Å²) in [4.78, 5) is 19.1. The summed E-state index contributed by atoms with van der Waals surface area (Å²) < 4.78 is 2.26. The Kier molecular flexibility index (Phi) is 10.4. The molecule has 0 spiro atoms. The first-order valence-corrected chi connectivity index (χ1v) is 16.6. The van der Waals surface area contributed by atoms with Crippen molar-refractivity contribution in [2.45, 2.75) is 79.2 Å². The van der Waals surface area contributed by atoms with Gasteiger partial charge in [0.05, 0.1) is 17.4 Å². The number of aryl methyl sites for hydroxylation is 2. The van der Waals surface area contributed by atoms with E-state index in [9.17, 15) is 9.90 Å². The first kappa shape index (κ1) is 32.0. The number of aromatic nitrogens is 2. The lowest BCUT2D eigenvalue weighted by Gasteiger charge is -2.25. The number of hydrogen-bond donors (Lipinski definition) is 1. The predicted molar refractivity (Wildman–Crippen MR) is 186 cm³/mol. The lowest BCUT2D eigenvalue weighted by Crippen LogP contribution is -2.34. The molecule has 0 radical (unpaired) electrons. The molecule has 0 aliphatic heterocycles. The van der Waals surface area contributed by atoms with Crippen molar-refractivity contribution < 1.29 is 9.90 Å². The molecular formula is C40H47N3O2. The van der Waals surface area contributed by atoms with Crippen LogP contribution in [0.15, 0.2) is 91.3 Å². The second-order valence-electron chi connectivity index (χ2n) is 12.5. The van der Waals surface area contributed by atoms with Gasteiger partial charge in [0.15, 0.2) is 0 Å². The minimum Gasteiger partial charge on any atom is -0.465 e. The number of rotatable bonds is 13. The number of carbonyl (C=O) groups is 1. The Labute approximate surface area is 268 Å². The molecule has 5 aromatic rings. The summed E-state index contributed by atoms with van der Waals surface area (Å²) in [7, 11) is 0. The number of amides is 1. The van der Waals surface area contributed by atoms with Crippen LogP contribution in [0, 0.1) is 5.92 Å². The normalized spacial score (nSPS) is 12.1. The van der Waals surface area contributed by atoms with Crippen molar-refractivity contribution in [1.82, 2.24) is 14.5 Å². The third kappa shape index (κ3) is 7.30. The molecule has 2 heterocycles. The van der Waals surface area contributed by atoms with Crippen molar-refractivity contribution in [3.05, 3.63) is 119 Å². The zero-order valence-corrected chi connectivity index (χ0v) is 27.5. The standard InChI is InChI=1S/C40H47N3O2/c1-6-13-30(26-42(40(44)45)25-29-14-10-9-11-15-29)22-34-27-43(35-20-18-33(19-21-35)28(4)5)38-24-41-37(23-36(34)38)39-31(7-2)16-12-17-32(39)8-3/h9-12,14-21,23-24,27-28,30H,6-8,13,22,25-26H2,1-5H3,(H,44,45). The van der Waals surface area contributed by atoms with Gasteiger partial charge in [0.2, 0.25) is 0 Å². The molecule has 2 aromatic heterocycles. The zero-order valence-electron chi connectivity index (χ0n) is 27.5. The van der Waals surface area contributed by atoms with Gasteiger partial charge in [-0.05, 0) is 83.5 Å². The minimum absolute atomic E-state index is 0.183. The fourth-order valence-electron chi connectivity index (χ4n) is 6.60. The predicted octanol–water partition coefficient (Wildman–Crippen LogP) is 10.1. The van der Waals surface area contributed by atoms with Crippen molar-refractivity contribution in [1.29, 1.82) is 0 Å². The average Bonchev–Trinajstić information content (AvgIpc) is 3.41. The van der Waals surface area contributed by atoms with E-state index in [4.69, 9.17) is 4.98 Å². The van der Waals surface area contributed by atoms with Crippen LogP contribution in [0.4, 0.5) is 4.79 Å². The zero-order chi connectivity index (χ0) is 31.9. The third-order valence-electron chi connectivity index (χ3n) is 9.04. The maximum Gasteiger partial charge on any atom is 0.407 e. The molecule has 0 fully saturated rings. The highest BCUT2D eigenvalue weighted by Crippen LogP contribution is 2.34. The SMILES string of the molecule is CCCC(Cc1cn(-c2ccc(C(C)C)cc2)c2cnc(-c3c(CC)cccc3CC)cc12)CN(Cc1ccccc1)C(=O)O. The smallest absolute Gasteiger partial charge is 0.407 e. The molecule has 1 N–H and O–H groups in total.